The summed E-state index contributed by atoms with van der Waals surface area (Å²) in [6, 6.07) is 14.1. The van der Waals surface area contributed by atoms with Gasteiger partial charge in [-0.15, -0.1) is 11.3 Å². The van der Waals surface area contributed by atoms with Crippen molar-refractivity contribution in [3.63, 3.8) is 0 Å². The van der Waals surface area contributed by atoms with Crippen LogP contribution < -0.4 is 0 Å². The van der Waals surface area contributed by atoms with E-state index in [1.165, 1.54) is 5.56 Å². The number of piperazine rings is 1. The SMILES string of the molecule is O=C(CN1CCN(CC=Cc2ccccc2)CC1)N(Cc1cccs1)C1CCS(=O)(=O)C1. The lowest BCUT2D eigenvalue weighted by atomic mass is 10.2. The predicted octanol–water partition coefficient (Wildman–Crippen LogP) is 2.59. The lowest BCUT2D eigenvalue weighted by Gasteiger charge is -2.36. The van der Waals surface area contributed by atoms with Crippen LogP contribution in [0, 0.1) is 0 Å². The van der Waals surface area contributed by atoms with Gasteiger partial charge in [0.25, 0.3) is 0 Å². The second-order valence-corrected chi connectivity index (χ2v) is 11.8. The van der Waals surface area contributed by atoms with Gasteiger partial charge >= 0.3 is 0 Å². The van der Waals surface area contributed by atoms with Gasteiger partial charge in [-0.3, -0.25) is 14.6 Å². The van der Waals surface area contributed by atoms with Gasteiger partial charge in [0.05, 0.1) is 24.6 Å². The molecule has 1 atom stereocenters. The van der Waals surface area contributed by atoms with Gasteiger partial charge in [0.2, 0.25) is 5.91 Å². The highest BCUT2D eigenvalue weighted by atomic mass is 32.2. The third-order valence-electron chi connectivity index (χ3n) is 6.17. The molecule has 0 N–H and O–H groups in total. The average Bonchev–Trinajstić information content (AvgIpc) is 3.43. The molecule has 0 bridgehead atoms. The molecule has 2 fully saturated rings. The molecule has 2 aromatic rings. The highest BCUT2D eigenvalue weighted by Crippen LogP contribution is 2.22. The Kier molecular flexibility index (Phi) is 7.78. The lowest BCUT2D eigenvalue weighted by Crippen LogP contribution is -2.51. The zero-order chi connectivity index (χ0) is 22.4. The van der Waals surface area contributed by atoms with Crippen molar-refractivity contribution >= 4 is 33.2 Å². The van der Waals surface area contributed by atoms with Gasteiger partial charge in [-0.05, 0) is 23.4 Å². The van der Waals surface area contributed by atoms with Gasteiger partial charge in [0.1, 0.15) is 0 Å². The van der Waals surface area contributed by atoms with E-state index in [1.54, 1.807) is 11.3 Å². The highest BCUT2D eigenvalue weighted by Gasteiger charge is 2.35. The number of nitrogens with zero attached hydrogens (tertiary/aromatic N) is 3. The molecule has 0 saturated carbocycles. The van der Waals surface area contributed by atoms with Crippen LogP contribution in [-0.2, 0) is 21.2 Å². The number of amides is 1. The standard InChI is InChI=1S/C24H31N3O3S2/c28-24(27(18-23-9-5-16-31-23)22-10-17-32(29,30)20-22)19-26-14-12-25(13-15-26)11-4-8-21-6-2-1-3-7-21/h1-9,16,22H,10-15,17-20H2. The Balaban J connectivity index is 1.28. The predicted molar refractivity (Wildman–Crippen MR) is 130 cm³/mol. The molecule has 3 heterocycles. The van der Waals surface area contributed by atoms with Gasteiger partial charge in [-0.25, -0.2) is 8.42 Å². The van der Waals surface area contributed by atoms with E-state index >= 15 is 0 Å². The van der Waals surface area contributed by atoms with E-state index in [2.05, 4.69) is 34.1 Å². The molecule has 2 aliphatic heterocycles. The van der Waals surface area contributed by atoms with Gasteiger partial charge in [0, 0.05) is 43.6 Å². The van der Waals surface area contributed by atoms with Gasteiger partial charge < -0.3 is 4.90 Å². The Morgan fingerprint density at radius 3 is 2.47 bits per heavy atom. The average molecular weight is 474 g/mol. The Bertz CT molecular complexity index is 998. The Morgan fingerprint density at radius 2 is 1.81 bits per heavy atom. The summed E-state index contributed by atoms with van der Waals surface area (Å²) in [5.74, 6) is 0.310. The fraction of sp³-hybridized carbons (Fsp3) is 0.458. The summed E-state index contributed by atoms with van der Waals surface area (Å²) in [5.41, 5.74) is 1.21. The van der Waals surface area contributed by atoms with E-state index in [-0.39, 0.29) is 23.5 Å². The zero-order valence-electron chi connectivity index (χ0n) is 18.3. The monoisotopic (exact) mass is 473 g/mol. The van der Waals surface area contributed by atoms with Crippen molar-refractivity contribution in [3.05, 3.63) is 64.4 Å². The second-order valence-electron chi connectivity index (χ2n) is 8.55. The van der Waals surface area contributed by atoms with E-state index in [0.717, 1.165) is 37.6 Å². The minimum atomic E-state index is -3.04. The summed E-state index contributed by atoms with van der Waals surface area (Å²) in [6.07, 6.45) is 4.88. The number of thiophene rings is 1. The van der Waals surface area contributed by atoms with Crippen LogP contribution in [0.5, 0.6) is 0 Å². The topological polar surface area (TPSA) is 60.9 Å². The fourth-order valence-corrected chi connectivity index (χ4v) is 6.76. The smallest absolute Gasteiger partial charge is 0.237 e. The molecule has 0 aliphatic carbocycles. The first-order chi connectivity index (χ1) is 15.5. The van der Waals surface area contributed by atoms with Gasteiger partial charge in [-0.1, -0.05) is 48.6 Å². The van der Waals surface area contributed by atoms with E-state index in [1.807, 2.05) is 40.6 Å². The molecular weight excluding hydrogens is 442 g/mol. The van der Waals surface area contributed by atoms with E-state index < -0.39 is 9.84 Å². The third kappa shape index (κ3) is 6.51. The van der Waals surface area contributed by atoms with Crippen molar-refractivity contribution in [2.45, 2.75) is 19.0 Å². The van der Waals surface area contributed by atoms with Crippen molar-refractivity contribution in [1.82, 2.24) is 14.7 Å². The first kappa shape index (κ1) is 23.2. The molecule has 172 valence electrons. The molecule has 4 rings (SSSR count). The van der Waals surface area contributed by atoms with Crippen molar-refractivity contribution in [3.8, 4) is 0 Å². The fourth-order valence-electron chi connectivity index (χ4n) is 4.33. The van der Waals surface area contributed by atoms with Gasteiger partial charge in [-0.2, -0.15) is 0 Å². The van der Waals surface area contributed by atoms with Crippen LogP contribution in [0.3, 0.4) is 0 Å². The summed E-state index contributed by atoms with van der Waals surface area (Å²) in [4.78, 5) is 20.7. The maximum Gasteiger partial charge on any atom is 0.237 e. The summed E-state index contributed by atoms with van der Waals surface area (Å²) < 4.78 is 24.0. The molecule has 32 heavy (non-hydrogen) atoms. The number of hydrogen-bond acceptors (Lipinski definition) is 6. The largest absolute Gasteiger partial charge is 0.332 e. The number of rotatable bonds is 8. The molecule has 1 aromatic heterocycles. The van der Waals surface area contributed by atoms with Gasteiger partial charge in [0.15, 0.2) is 9.84 Å². The van der Waals surface area contributed by atoms with Crippen molar-refractivity contribution in [1.29, 1.82) is 0 Å². The molecule has 1 amide bonds. The van der Waals surface area contributed by atoms with E-state index in [4.69, 9.17) is 0 Å². The number of hydrogen-bond donors (Lipinski definition) is 0. The molecular formula is C24H31N3O3S2. The summed E-state index contributed by atoms with van der Waals surface area (Å²) in [6.45, 7) is 5.31. The van der Waals surface area contributed by atoms with Crippen LogP contribution in [0.4, 0.5) is 0 Å². The molecule has 2 aliphatic rings. The van der Waals surface area contributed by atoms with E-state index in [9.17, 15) is 13.2 Å². The Hall–Kier alpha value is -2.00. The maximum absolute atomic E-state index is 13.2. The normalized spacial score (nSPS) is 21.8. The molecule has 8 heteroatoms. The Labute approximate surface area is 195 Å². The number of carbonyl (C=O) groups is 1. The second kappa shape index (κ2) is 10.7. The molecule has 0 radical (unpaired) electrons. The minimum Gasteiger partial charge on any atom is -0.332 e. The van der Waals surface area contributed by atoms with Crippen molar-refractivity contribution in [2.75, 3.05) is 50.8 Å². The Morgan fingerprint density at radius 1 is 1.06 bits per heavy atom. The lowest BCUT2D eigenvalue weighted by molar-refractivity contribution is -0.135. The summed E-state index contributed by atoms with van der Waals surface area (Å²) in [5, 5.41) is 1.99. The number of sulfone groups is 1. The first-order valence-electron chi connectivity index (χ1n) is 11.2. The number of benzene rings is 1. The van der Waals surface area contributed by atoms with Crippen LogP contribution in [-0.4, -0.2) is 85.8 Å². The minimum absolute atomic E-state index is 0.0397. The van der Waals surface area contributed by atoms with Crippen molar-refractivity contribution in [2.24, 2.45) is 0 Å². The molecule has 6 nitrogen and oxygen atoms in total. The molecule has 0 spiro atoms. The van der Waals surface area contributed by atoms with Crippen LogP contribution in [0.25, 0.3) is 6.08 Å². The van der Waals surface area contributed by atoms with Crippen LogP contribution >= 0.6 is 11.3 Å². The maximum atomic E-state index is 13.2. The summed E-state index contributed by atoms with van der Waals surface area (Å²) in [7, 11) is -3.04. The zero-order valence-corrected chi connectivity index (χ0v) is 19.9. The number of carbonyl (C=O) groups excluding carboxylic acids is 1. The van der Waals surface area contributed by atoms with E-state index in [0.29, 0.717) is 19.5 Å². The summed E-state index contributed by atoms with van der Waals surface area (Å²) >= 11 is 1.61. The van der Waals surface area contributed by atoms with Crippen LogP contribution in [0.2, 0.25) is 0 Å². The highest BCUT2D eigenvalue weighted by molar-refractivity contribution is 7.91. The van der Waals surface area contributed by atoms with Crippen molar-refractivity contribution < 1.29 is 13.2 Å². The molecule has 1 unspecified atom stereocenters. The quantitative estimate of drug-likeness (QED) is 0.590. The third-order valence-corrected chi connectivity index (χ3v) is 8.78. The molecule has 2 saturated heterocycles. The molecule has 1 aromatic carbocycles. The first-order valence-corrected chi connectivity index (χ1v) is 13.9. The van der Waals surface area contributed by atoms with Crippen LogP contribution in [0.15, 0.2) is 53.9 Å². The van der Waals surface area contributed by atoms with Crippen LogP contribution in [0.1, 0.15) is 16.9 Å².